The van der Waals surface area contributed by atoms with Crippen LogP contribution in [-0.4, -0.2) is 57.4 Å². The summed E-state index contributed by atoms with van der Waals surface area (Å²) in [6, 6.07) is 6.85. The quantitative estimate of drug-likeness (QED) is 0.310. The molecule has 1 aliphatic rings. The van der Waals surface area contributed by atoms with Gasteiger partial charge in [-0.3, -0.25) is 9.78 Å². The Bertz CT molecular complexity index is 1430. The predicted octanol–water partition coefficient (Wildman–Crippen LogP) is 4.39. The lowest BCUT2D eigenvalue weighted by Gasteiger charge is -2.27. The molecule has 5 rings (SSSR count). The topological polar surface area (TPSA) is 107 Å². The minimum Gasteiger partial charge on any atom is -0.385 e. The molecule has 0 spiro atoms. The molecule has 11 heteroatoms. The third-order valence-corrected chi connectivity index (χ3v) is 7.51. The molecule has 3 aromatic heterocycles. The molecule has 0 radical (unpaired) electrons. The fraction of sp³-hybridized carbons (Fsp3) is 0.400. The molecule has 188 valence electrons. The van der Waals surface area contributed by atoms with E-state index in [9.17, 15) is 9.18 Å². The second kappa shape index (κ2) is 10.1. The number of amides is 1. The summed E-state index contributed by atoms with van der Waals surface area (Å²) in [5.41, 5.74) is 0.944. The molecular weight excluding hydrogens is 529 g/mol. The molecule has 2 atom stereocenters. The molecule has 1 amide bonds. The van der Waals surface area contributed by atoms with E-state index in [-0.39, 0.29) is 11.9 Å². The van der Waals surface area contributed by atoms with E-state index in [0.717, 1.165) is 25.7 Å². The number of nitrogens with zero attached hydrogens (tertiary/aromatic N) is 5. The standard InChI is InChI=1S/C25H27BrFN7O2/c1-28-23(35)25(7-4-10-36-2)8-6-16(13-25)31-24-30-14-18-21(26)33-34(22(18)32-24)17-11-15-5-3-9-29-20(15)19(27)12-17/h3,5,9,11-12,14,16H,4,6-8,10,13H2,1-2H3,(H,28,35)(H,30,31,32)/t16-,25-/m1/s1. The van der Waals surface area contributed by atoms with E-state index in [2.05, 4.69) is 41.6 Å². The Hall–Kier alpha value is -3.18. The number of halogens is 2. The van der Waals surface area contributed by atoms with Crippen molar-refractivity contribution in [3.63, 3.8) is 0 Å². The van der Waals surface area contributed by atoms with Gasteiger partial charge in [-0.05, 0) is 60.2 Å². The first-order chi connectivity index (χ1) is 17.4. The number of pyridine rings is 1. The Kier molecular flexibility index (Phi) is 6.85. The van der Waals surface area contributed by atoms with Crippen molar-refractivity contribution in [2.45, 2.75) is 38.1 Å². The maximum absolute atomic E-state index is 14.8. The number of rotatable bonds is 8. The van der Waals surface area contributed by atoms with Gasteiger partial charge in [-0.1, -0.05) is 6.07 Å². The summed E-state index contributed by atoms with van der Waals surface area (Å²) in [5.74, 6) is 0.0722. The first-order valence-corrected chi connectivity index (χ1v) is 12.7. The van der Waals surface area contributed by atoms with E-state index in [1.54, 1.807) is 37.3 Å². The number of anilines is 1. The highest BCUT2D eigenvalue weighted by Crippen LogP contribution is 2.43. The zero-order valence-electron chi connectivity index (χ0n) is 20.1. The van der Waals surface area contributed by atoms with Crippen molar-refractivity contribution in [3.05, 3.63) is 47.1 Å². The lowest BCUT2D eigenvalue weighted by Crippen LogP contribution is -2.38. The highest BCUT2D eigenvalue weighted by Gasteiger charge is 2.44. The average Bonchev–Trinajstić information content (AvgIpc) is 3.45. The van der Waals surface area contributed by atoms with Crippen LogP contribution in [-0.2, 0) is 9.53 Å². The third kappa shape index (κ3) is 4.53. The Morgan fingerprint density at radius 3 is 3.03 bits per heavy atom. The van der Waals surface area contributed by atoms with Crippen LogP contribution in [0.5, 0.6) is 0 Å². The summed E-state index contributed by atoms with van der Waals surface area (Å²) in [4.78, 5) is 26.1. The average molecular weight is 556 g/mol. The van der Waals surface area contributed by atoms with Gasteiger partial charge in [-0.15, -0.1) is 0 Å². The number of aromatic nitrogens is 5. The van der Waals surface area contributed by atoms with Crippen LogP contribution < -0.4 is 10.6 Å². The lowest BCUT2D eigenvalue weighted by atomic mass is 9.80. The molecule has 3 heterocycles. The number of carbonyl (C=O) groups excluding carboxylic acids is 1. The number of fused-ring (bicyclic) bond motifs is 2. The SMILES string of the molecule is CNC(=O)[C@]1(CCCOC)CC[C@@H](Nc2ncc3c(Br)nn(-c4cc(F)c5ncccc5c4)c3n2)C1. The van der Waals surface area contributed by atoms with Crippen LogP contribution in [0.1, 0.15) is 32.1 Å². The molecule has 4 aromatic rings. The van der Waals surface area contributed by atoms with Crippen LogP contribution in [0.2, 0.25) is 0 Å². The van der Waals surface area contributed by atoms with E-state index in [4.69, 9.17) is 9.72 Å². The van der Waals surface area contributed by atoms with Crippen LogP contribution in [0.3, 0.4) is 0 Å². The van der Waals surface area contributed by atoms with E-state index >= 15 is 0 Å². The van der Waals surface area contributed by atoms with Gasteiger partial charge in [0.1, 0.15) is 10.1 Å². The second-order valence-electron chi connectivity index (χ2n) is 9.18. The van der Waals surface area contributed by atoms with Gasteiger partial charge in [0, 0.05) is 50.7 Å². The van der Waals surface area contributed by atoms with Crippen LogP contribution in [0.25, 0.3) is 27.6 Å². The molecule has 0 bridgehead atoms. The fourth-order valence-electron chi connectivity index (χ4n) is 5.17. The minimum atomic E-state index is -0.434. The highest BCUT2D eigenvalue weighted by molar-refractivity contribution is 9.10. The van der Waals surface area contributed by atoms with Crippen LogP contribution in [0.4, 0.5) is 10.3 Å². The predicted molar refractivity (Wildman–Crippen MR) is 138 cm³/mol. The number of nitrogens with one attached hydrogen (secondary N) is 2. The number of ether oxygens (including phenoxy) is 1. The second-order valence-corrected chi connectivity index (χ2v) is 9.93. The van der Waals surface area contributed by atoms with Crippen LogP contribution in [0.15, 0.2) is 41.3 Å². The van der Waals surface area contributed by atoms with Gasteiger partial charge < -0.3 is 15.4 Å². The van der Waals surface area contributed by atoms with Gasteiger partial charge in [0.25, 0.3) is 0 Å². The van der Waals surface area contributed by atoms with Gasteiger partial charge in [-0.25, -0.2) is 14.1 Å². The first-order valence-electron chi connectivity index (χ1n) is 11.9. The molecule has 1 saturated carbocycles. The molecule has 9 nitrogen and oxygen atoms in total. The van der Waals surface area contributed by atoms with Crippen molar-refractivity contribution in [1.82, 2.24) is 30.0 Å². The number of hydrogen-bond acceptors (Lipinski definition) is 7. The molecule has 0 unspecified atom stereocenters. The van der Waals surface area contributed by atoms with E-state index < -0.39 is 11.2 Å². The first kappa shape index (κ1) is 24.5. The largest absolute Gasteiger partial charge is 0.385 e. The van der Waals surface area contributed by atoms with Crippen LogP contribution in [0, 0.1) is 11.2 Å². The summed E-state index contributed by atoms with van der Waals surface area (Å²) in [6.07, 6.45) is 7.14. The Morgan fingerprint density at radius 1 is 1.36 bits per heavy atom. The fourth-order valence-corrected chi connectivity index (χ4v) is 5.61. The van der Waals surface area contributed by atoms with Crippen molar-refractivity contribution in [2.75, 3.05) is 26.1 Å². The highest BCUT2D eigenvalue weighted by atomic mass is 79.9. The van der Waals surface area contributed by atoms with Crippen LogP contribution >= 0.6 is 15.9 Å². The van der Waals surface area contributed by atoms with Gasteiger partial charge in [-0.2, -0.15) is 10.1 Å². The molecule has 1 fully saturated rings. The Labute approximate surface area is 216 Å². The zero-order chi connectivity index (χ0) is 25.3. The monoisotopic (exact) mass is 555 g/mol. The minimum absolute atomic E-state index is 0.0475. The van der Waals surface area contributed by atoms with Crippen molar-refractivity contribution in [2.24, 2.45) is 5.41 Å². The number of methoxy groups -OCH3 is 1. The van der Waals surface area contributed by atoms with Crippen molar-refractivity contribution in [1.29, 1.82) is 0 Å². The summed E-state index contributed by atoms with van der Waals surface area (Å²) in [7, 11) is 3.36. The summed E-state index contributed by atoms with van der Waals surface area (Å²) in [6.45, 7) is 0.626. The molecule has 0 aliphatic heterocycles. The summed E-state index contributed by atoms with van der Waals surface area (Å²) >= 11 is 3.47. The third-order valence-electron chi connectivity index (χ3n) is 6.92. The van der Waals surface area contributed by atoms with E-state index in [1.807, 2.05) is 12.1 Å². The number of hydrogen-bond donors (Lipinski definition) is 2. The molecular formula is C25H27BrFN7O2. The lowest BCUT2D eigenvalue weighted by molar-refractivity contribution is -0.130. The van der Waals surface area contributed by atoms with E-state index in [1.165, 1.54) is 6.07 Å². The Balaban J connectivity index is 1.43. The zero-order valence-corrected chi connectivity index (χ0v) is 21.7. The van der Waals surface area contributed by atoms with Gasteiger partial charge in [0.05, 0.1) is 16.5 Å². The smallest absolute Gasteiger partial charge is 0.226 e. The maximum atomic E-state index is 14.8. The van der Waals surface area contributed by atoms with Gasteiger partial charge in [0.15, 0.2) is 11.5 Å². The van der Waals surface area contributed by atoms with E-state index in [0.29, 0.717) is 51.2 Å². The van der Waals surface area contributed by atoms with Gasteiger partial charge in [0.2, 0.25) is 11.9 Å². The molecule has 0 saturated heterocycles. The summed E-state index contributed by atoms with van der Waals surface area (Å²) < 4.78 is 22.1. The molecule has 2 N–H and O–H groups in total. The summed E-state index contributed by atoms with van der Waals surface area (Å²) in [5, 5.41) is 12.2. The van der Waals surface area contributed by atoms with Gasteiger partial charge >= 0.3 is 0 Å². The Morgan fingerprint density at radius 2 is 2.22 bits per heavy atom. The molecule has 36 heavy (non-hydrogen) atoms. The molecule has 1 aliphatic carbocycles. The maximum Gasteiger partial charge on any atom is 0.226 e. The normalized spacial score (nSPS) is 19.7. The van der Waals surface area contributed by atoms with Crippen molar-refractivity contribution < 1.29 is 13.9 Å². The molecule has 1 aromatic carbocycles. The van der Waals surface area contributed by atoms with Crippen molar-refractivity contribution in [3.8, 4) is 5.69 Å². The number of benzene rings is 1. The van der Waals surface area contributed by atoms with Crippen molar-refractivity contribution >= 4 is 49.7 Å². The number of carbonyl (C=O) groups is 1.